The van der Waals surface area contributed by atoms with E-state index in [9.17, 15) is 0 Å². The number of hydrogen-bond donors (Lipinski definition) is 1. The fourth-order valence-electron chi connectivity index (χ4n) is 2.07. The van der Waals surface area contributed by atoms with Gasteiger partial charge in [-0.05, 0) is 17.7 Å². The Morgan fingerprint density at radius 1 is 1.33 bits per heavy atom. The number of aryl methyl sites for hydroxylation is 1. The van der Waals surface area contributed by atoms with Crippen LogP contribution in [0.1, 0.15) is 18.0 Å². The molecule has 1 unspecified atom stereocenters. The molecule has 3 rings (SSSR count). The molecule has 1 atom stereocenters. The summed E-state index contributed by atoms with van der Waals surface area (Å²) in [4.78, 5) is 0. The molecule has 21 heavy (non-hydrogen) atoms. The molecule has 1 aliphatic heterocycles. The first-order valence-electron chi connectivity index (χ1n) is 6.86. The van der Waals surface area contributed by atoms with Crippen LogP contribution in [0.2, 0.25) is 0 Å². The van der Waals surface area contributed by atoms with Gasteiger partial charge in [-0.1, -0.05) is 17.8 Å². The first kappa shape index (κ1) is 14.2. The van der Waals surface area contributed by atoms with Crippen LogP contribution in [0.3, 0.4) is 0 Å². The second kappa shape index (κ2) is 6.36. The van der Waals surface area contributed by atoms with Gasteiger partial charge < -0.3 is 19.8 Å². The van der Waals surface area contributed by atoms with Crippen LogP contribution < -0.4 is 15.2 Å². The van der Waals surface area contributed by atoms with Gasteiger partial charge in [0.25, 0.3) is 0 Å². The van der Waals surface area contributed by atoms with E-state index in [-0.39, 0.29) is 6.04 Å². The summed E-state index contributed by atoms with van der Waals surface area (Å²) in [5.74, 6) is 2.31. The van der Waals surface area contributed by atoms with Gasteiger partial charge in [0.15, 0.2) is 16.7 Å². The minimum atomic E-state index is -0.0937. The molecule has 0 spiro atoms. The van der Waals surface area contributed by atoms with Crippen LogP contribution >= 0.6 is 11.8 Å². The zero-order valence-corrected chi connectivity index (χ0v) is 12.7. The lowest BCUT2D eigenvalue weighted by Crippen LogP contribution is -2.13. The van der Waals surface area contributed by atoms with Crippen LogP contribution in [-0.4, -0.2) is 33.7 Å². The largest absolute Gasteiger partial charge is 0.490 e. The van der Waals surface area contributed by atoms with Crippen molar-refractivity contribution in [2.24, 2.45) is 12.8 Å². The molecule has 2 heterocycles. The number of benzene rings is 1. The van der Waals surface area contributed by atoms with E-state index in [1.165, 1.54) is 0 Å². The number of thioether (sulfide) groups is 1. The molecule has 1 aromatic heterocycles. The highest BCUT2D eigenvalue weighted by atomic mass is 32.2. The second-order valence-corrected chi connectivity index (χ2v) is 5.89. The zero-order chi connectivity index (χ0) is 14.7. The Hall–Kier alpha value is -1.73. The highest BCUT2D eigenvalue weighted by Crippen LogP contribution is 2.33. The number of nitrogens with two attached hydrogens (primary N) is 1. The van der Waals surface area contributed by atoms with Crippen molar-refractivity contribution in [1.29, 1.82) is 0 Å². The third-order valence-electron chi connectivity index (χ3n) is 3.26. The van der Waals surface area contributed by atoms with E-state index in [0.717, 1.165) is 34.4 Å². The molecule has 7 heteroatoms. The first-order chi connectivity index (χ1) is 10.2. The van der Waals surface area contributed by atoms with Crippen molar-refractivity contribution in [3.05, 3.63) is 30.1 Å². The van der Waals surface area contributed by atoms with Gasteiger partial charge in [-0.3, -0.25) is 0 Å². The molecule has 0 fully saturated rings. The maximum atomic E-state index is 6.26. The maximum absolute atomic E-state index is 6.26. The van der Waals surface area contributed by atoms with Crippen molar-refractivity contribution in [2.45, 2.75) is 17.6 Å². The summed E-state index contributed by atoms with van der Waals surface area (Å²) in [6, 6.07) is 5.81. The lowest BCUT2D eigenvalue weighted by molar-refractivity contribution is 0.297. The Morgan fingerprint density at radius 2 is 2.14 bits per heavy atom. The molecule has 0 saturated heterocycles. The third kappa shape index (κ3) is 3.30. The average molecular weight is 306 g/mol. The summed E-state index contributed by atoms with van der Waals surface area (Å²) in [6.45, 7) is 1.37. The summed E-state index contributed by atoms with van der Waals surface area (Å²) < 4.78 is 13.2. The third-order valence-corrected chi connectivity index (χ3v) is 4.42. The molecule has 112 valence electrons. The predicted molar refractivity (Wildman–Crippen MR) is 80.7 cm³/mol. The number of fused-ring (bicyclic) bond motifs is 1. The number of aromatic nitrogens is 3. The number of rotatable bonds is 4. The lowest BCUT2D eigenvalue weighted by Gasteiger charge is -2.14. The topological polar surface area (TPSA) is 75.2 Å². The SMILES string of the molecule is Cn1cnnc1SCC(N)c1ccc2c(c1)OCCCO2. The van der Waals surface area contributed by atoms with Crippen LogP contribution in [0.25, 0.3) is 0 Å². The van der Waals surface area contributed by atoms with Crippen molar-refractivity contribution in [3.63, 3.8) is 0 Å². The van der Waals surface area contributed by atoms with E-state index in [4.69, 9.17) is 15.2 Å². The Labute approximate surface area is 127 Å². The number of nitrogens with zero attached hydrogens (tertiary/aromatic N) is 3. The molecule has 1 aliphatic rings. The fourth-order valence-corrected chi connectivity index (χ4v) is 2.95. The summed E-state index contributed by atoms with van der Waals surface area (Å²) >= 11 is 1.59. The van der Waals surface area contributed by atoms with Crippen LogP contribution in [0.5, 0.6) is 11.5 Å². The smallest absolute Gasteiger partial charge is 0.190 e. The van der Waals surface area contributed by atoms with E-state index in [1.54, 1.807) is 18.1 Å². The van der Waals surface area contributed by atoms with Gasteiger partial charge in [0.2, 0.25) is 0 Å². The van der Waals surface area contributed by atoms with Crippen molar-refractivity contribution < 1.29 is 9.47 Å². The fraction of sp³-hybridized carbons (Fsp3) is 0.429. The normalized spacial score (nSPS) is 15.5. The predicted octanol–water partition coefficient (Wildman–Crippen LogP) is 1.77. The standard InChI is InChI=1S/C14H18N4O2S/c1-18-9-16-17-14(18)21-8-11(15)10-3-4-12-13(7-10)20-6-2-5-19-12/h3-4,7,9,11H,2,5-6,8,15H2,1H3. The molecule has 6 nitrogen and oxygen atoms in total. The molecule has 0 amide bonds. The van der Waals surface area contributed by atoms with Crippen LogP contribution in [0.15, 0.2) is 29.7 Å². The number of hydrogen-bond acceptors (Lipinski definition) is 6. The van der Waals surface area contributed by atoms with E-state index in [0.29, 0.717) is 13.2 Å². The quantitative estimate of drug-likeness (QED) is 0.868. The Balaban J connectivity index is 1.68. The van der Waals surface area contributed by atoms with E-state index in [1.807, 2.05) is 29.8 Å². The second-order valence-electron chi connectivity index (χ2n) is 4.90. The molecule has 2 aromatic rings. The molecular formula is C14H18N4O2S. The van der Waals surface area contributed by atoms with Gasteiger partial charge in [-0.2, -0.15) is 0 Å². The Bertz CT molecular complexity index is 617. The van der Waals surface area contributed by atoms with Crippen molar-refractivity contribution in [1.82, 2.24) is 14.8 Å². The summed E-state index contributed by atoms with van der Waals surface area (Å²) in [6.07, 6.45) is 2.58. The molecular weight excluding hydrogens is 288 g/mol. The van der Waals surface area contributed by atoms with Gasteiger partial charge in [-0.25, -0.2) is 0 Å². The van der Waals surface area contributed by atoms with Gasteiger partial charge >= 0.3 is 0 Å². The lowest BCUT2D eigenvalue weighted by atomic mass is 10.1. The molecule has 0 aliphatic carbocycles. The van der Waals surface area contributed by atoms with E-state index < -0.39 is 0 Å². The molecule has 2 N–H and O–H groups in total. The minimum absolute atomic E-state index is 0.0937. The van der Waals surface area contributed by atoms with Crippen LogP contribution in [0.4, 0.5) is 0 Å². The first-order valence-corrected chi connectivity index (χ1v) is 7.84. The Kier molecular flexibility index (Phi) is 4.31. The summed E-state index contributed by atoms with van der Waals surface area (Å²) in [5.41, 5.74) is 7.30. The van der Waals surface area contributed by atoms with E-state index >= 15 is 0 Å². The van der Waals surface area contributed by atoms with Crippen LogP contribution in [0, 0.1) is 0 Å². The Morgan fingerprint density at radius 3 is 2.90 bits per heavy atom. The highest BCUT2D eigenvalue weighted by Gasteiger charge is 2.15. The average Bonchev–Trinajstić information content (AvgIpc) is 2.76. The molecule has 0 bridgehead atoms. The summed E-state index contributed by atoms with van der Waals surface area (Å²) in [7, 11) is 1.92. The molecule has 0 saturated carbocycles. The van der Waals surface area contributed by atoms with Gasteiger partial charge in [0, 0.05) is 25.3 Å². The van der Waals surface area contributed by atoms with Crippen molar-refractivity contribution >= 4 is 11.8 Å². The molecule has 0 radical (unpaired) electrons. The monoisotopic (exact) mass is 306 g/mol. The van der Waals surface area contributed by atoms with Gasteiger partial charge in [0.05, 0.1) is 13.2 Å². The van der Waals surface area contributed by atoms with E-state index in [2.05, 4.69) is 10.2 Å². The highest BCUT2D eigenvalue weighted by molar-refractivity contribution is 7.99. The van der Waals surface area contributed by atoms with Gasteiger partial charge in [0.1, 0.15) is 6.33 Å². The van der Waals surface area contributed by atoms with Crippen LogP contribution in [-0.2, 0) is 7.05 Å². The summed E-state index contributed by atoms with van der Waals surface area (Å²) in [5, 5.41) is 8.76. The maximum Gasteiger partial charge on any atom is 0.190 e. The minimum Gasteiger partial charge on any atom is -0.490 e. The zero-order valence-electron chi connectivity index (χ0n) is 11.9. The van der Waals surface area contributed by atoms with Crippen molar-refractivity contribution in [2.75, 3.05) is 19.0 Å². The number of ether oxygens (including phenoxy) is 2. The van der Waals surface area contributed by atoms with Crippen molar-refractivity contribution in [3.8, 4) is 11.5 Å². The molecule has 1 aromatic carbocycles. The van der Waals surface area contributed by atoms with Gasteiger partial charge in [-0.15, -0.1) is 10.2 Å².